The average molecular weight is 295 g/mol. The molecule has 1 fully saturated rings. The van der Waals surface area contributed by atoms with Gasteiger partial charge in [0.05, 0.1) is 12.4 Å². The Hall–Kier alpha value is -1.14. The Morgan fingerprint density at radius 1 is 1.15 bits per heavy atom. The molecule has 0 unspecified atom stereocenters. The summed E-state index contributed by atoms with van der Waals surface area (Å²) in [7, 11) is -3.38. The second kappa shape index (κ2) is 5.69. The van der Waals surface area contributed by atoms with Crippen molar-refractivity contribution >= 4 is 15.7 Å². The average Bonchev–Trinajstić information content (AvgIpc) is 2.40. The van der Waals surface area contributed by atoms with Crippen molar-refractivity contribution < 1.29 is 8.42 Å². The van der Waals surface area contributed by atoms with E-state index in [4.69, 9.17) is 0 Å². The van der Waals surface area contributed by atoms with E-state index >= 15 is 0 Å². The van der Waals surface area contributed by atoms with Crippen molar-refractivity contribution in [2.24, 2.45) is 0 Å². The van der Waals surface area contributed by atoms with Crippen LogP contribution in [0.3, 0.4) is 0 Å². The molecule has 1 aliphatic heterocycles. The van der Waals surface area contributed by atoms with E-state index in [1.807, 2.05) is 6.07 Å². The molecule has 3 rings (SSSR count). The highest BCUT2D eigenvalue weighted by atomic mass is 32.2. The highest BCUT2D eigenvalue weighted by molar-refractivity contribution is 7.89. The molecule has 2 aliphatic rings. The summed E-state index contributed by atoms with van der Waals surface area (Å²) in [5.74, 6) is 0. The summed E-state index contributed by atoms with van der Waals surface area (Å²) in [5, 5.41) is 0. The van der Waals surface area contributed by atoms with Gasteiger partial charge in [0, 0.05) is 18.4 Å². The quantitative estimate of drug-likeness (QED) is 0.863. The number of sulfonamides is 1. The van der Waals surface area contributed by atoms with E-state index in [-0.39, 0.29) is 0 Å². The minimum absolute atomic E-state index is 0.313. The molecule has 5 nitrogen and oxygen atoms in total. The largest absolute Gasteiger partial charge is 0.354 e. The Labute approximate surface area is 120 Å². The van der Waals surface area contributed by atoms with E-state index in [1.165, 1.54) is 38.3 Å². The summed E-state index contributed by atoms with van der Waals surface area (Å²) in [5.41, 5.74) is 0.810. The number of pyridine rings is 1. The SMILES string of the molecule is O=S1(=O)NCN(C2CCCCCCC2)c2ccncc21. The number of hydrogen-bond donors (Lipinski definition) is 1. The van der Waals surface area contributed by atoms with Gasteiger partial charge in [-0.2, -0.15) is 4.72 Å². The maximum absolute atomic E-state index is 12.0. The zero-order valence-electron chi connectivity index (χ0n) is 11.6. The lowest BCUT2D eigenvalue weighted by atomic mass is 9.95. The van der Waals surface area contributed by atoms with Crippen LogP contribution in [0.15, 0.2) is 23.4 Å². The number of aromatic nitrogens is 1. The molecule has 1 N–H and O–H groups in total. The second-order valence-corrected chi connectivity index (χ2v) is 7.35. The van der Waals surface area contributed by atoms with Crippen LogP contribution in [0.25, 0.3) is 0 Å². The molecule has 110 valence electrons. The lowest BCUT2D eigenvalue weighted by Crippen LogP contribution is -2.48. The molecule has 0 aromatic carbocycles. The molecule has 1 saturated carbocycles. The molecule has 0 amide bonds. The molecule has 20 heavy (non-hydrogen) atoms. The molecule has 0 radical (unpaired) electrons. The number of nitrogens with zero attached hydrogens (tertiary/aromatic N) is 2. The van der Waals surface area contributed by atoms with Gasteiger partial charge in [0.25, 0.3) is 0 Å². The summed E-state index contributed by atoms with van der Waals surface area (Å²) >= 11 is 0. The van der Waals surface area contributed by atoms with E-state index in [9.17, 15) is 8.42 Å². The zero-order valence-corrected chi connectivity index (χ0v) is 12.4. The lowest BCUT2D eigenvalue weighted by molar-refractivity contribution is 0.422. The number of hydrogen-bond acceptors (Lipinski definition) is 4. The molecule has 0 bridgehead atoms. The summed E-state index contributed by atoms with van der Waals surface area (Å²) in [6, 6.07) is 2.26. The minimum atomic E-state index is -3.38. The Morgan fingerprint density at radius 3 is 2.60 bits per heavy atom. The predicted molar refractivity (Wildman–Crippen MR) is 78.0 cm³/mol. The van der Waals surface area contributed by atoms with E-state index in [0.29, 0.717) is 17.6 Å². The van der Waals surface area contributed by atoms with Gasteiger partial charge in [-0.05, 0) is 18.9 Å². The minimum Gasteiger partial charge on any atom is -0.354 e. The number of anilines is 1. The predicted octanol–water partition coefficient (Wildman–Crippen LogP) is 2.25. The van der Waals surface area contributed by atoms with Crippen LogP contribution in [0.2, 0.25) is 0 Å². The maximum Gasteiger partial charge on any atom is 0.245 e. The van der Waals surface area contributed by atoms with Crippen LogP contribution in [0.1, 0.15) is 44.9 Å². The highest BCUT2D eigenvalue weighted by Gasteiger charge is 2.31. The van der Waals surface area contributed by atoms with Gasteiger partial charge in [0.1, 0.15) is 4.90 Å². The van der Waals surface area contributed by atoms with Crippen molar-refractivity contribution in [3.8, 4) is 0 Å². The molecule has 0 spiro atoms. The van der Waals surface area contributed by atoms with Crippen LogP contribution in [0.4, 0.5) is 5.69 Å². The van der Waals surface area contributed by atoms with Gasteiger partial charge in [0.15, 0.2) is 0 Å². The van der Waals surface area contributed by atoms with E-state index in [1.54, 1.807) is 6.20 Å². The van der Waals surface area contributed by atoms with E-state index < -0.39 is 10.0 Å². The highest BCUT2D eigenvalue weighted by Crippen LogP contribution is 2.32. The van der Waals surface area contributed by atoms with Crippen LogP contribution in [0, 0.1) is 0 Å². The van der Waals surface area contributed by atoms with E-state index in [0.717, 1.165) is 18.5 Å². The molecular weight excluding hydrogens is 274 g/mol. The summed E-state index contributed by atoms with van der Waals surface area (Å²) in [4.78, 5) is 6.49. The van der Waals surface area contributed by atoms with Crippen LogP contribution >= 0.6 is 0 Å². The van der Waals surface area contributed by atoms with Crippen LogP contribution in [-0.4, -0.2) is 26.1 Å². The second-order valence-electron chi connectivity index (χ2n) is 5.62. The molecule has 1 aromatic heterocycles. The van der Waals surface area contributed by atoms with Gasteiger partial charge < -0.3 is 4.90 Å². The Morgan fingerprint density at radius 2 is 1.85 bits per heavy atom. The third kappa shape index (κ3) is 2.67. The molecule has 6 heteroatoms. The van der Waals surface area contributed by atoms with Crippen LogP contribution in [0.5, 0.6) is 0 Å². The van der Waals surface area contributed by atoms with Crippen molar-refractivity contribution in [3.05, 3.63) is 18.5 Å². The fourth-order valence-corrected chi connectivity index (χ4v) is 4.33. The smallest absolute Gasteiger partial charge is 0.245 e. The Kier molecular flexibility index (Phi) is 3.94. The fourth-order valence-electron chi connectivity index (χ4n) is 3.21. The molecule has 0 saturated heterocycles. The summed E-state index contributed by atoms with van der Waals surface area (Å²) < 4.78 is 26.7. The lowest BCUT2D eigenvalue weighted by Gasteiger charge is -2.38. The number of fused-ring (bicyclic) bond motifs is 1. The molecule has 1 aliphatic carbocycles. The van der Waals surface area contributed by atoms with Crippen molar-refractivity contribution in [2.75, 3.05) is 11.6 Å². The maximum atomic E-state index is 12.0. The fraction of sp³-hybridized carbons (Fsp3) is 0.643. The summed E-state index contributed by atoms with van der Waals surface area (Å²) in [6.07, 6.45) is 11.8. The molecule has 1 aromatic rings. The monoisotopic (exact) mass is 295 g/mol. The summed E-state index contributed by atoms with van der Waals surface area (Å²) in [6.45, 7) is 0.379. The third-order valence-corrected chi connectivity index (χ3v) is 5.70. The first kappa shape index (κ1) is 13.8. The molecular formula is C14H21N3O2S. The van der Waals surface area contributed by atoms with Crippen LogP contribution in [-0.2, 0) is 10.0 Å². The van der Waals surface area contributed by atoms with Gasteiger partial charge in [-0.3, -0.25) is 4.98 Å². The first-order chi connectivity index (χ1) is 9.68. The van der Waals surface area contributed by atoms with Gasteiger partial charge in [0.2, 0.25) is 10.0 Å². The van der Waals surface area contributed by atoms with Crippen molar-refractivity contribution in [3.63, 3.8) is 0 Å². The first-order valence-electron chi connectivity index (χ1n) is 7.39. The standard InChI is InChI=1S/C14H21N3O2S/c18-20(19)14-10-15-9-8-13(14)17(11-16-20)12-6-4-2-1-3-5-7-12/h8-10,12,16H,1-7,11H2. The normalized spacial score (nSPS) is 23.7. The Balaban J connectivity index is 1.90. The van der Waals surface area contributed by atoms with Crippen LogP contribution < -0.4 is 9.62 Å². The third-order valence-electron chi connectivity index (χ3n) is 4.30. The number of rotatable bonds is 1. The van der Waals surface area contributed by atoms with E-state index in [2.05, 4.69) is 14.6 Å². The van der Waals surface area contributed by atoms with Gasteiger partial charge in [-0.25, -0.2) is 8.42 Å². The molecule has 2 heterocycles. The molecule has 0 atom stereocenters. The van der Waals surface area contributed by atoms with Gasteiger partial charge in [-0.15, -0.1) is 0 Å². The first-order valence-corrected chi connectivity index (χ1v) is 8.87. The van der Waals surface area contributed by atoms with Crippen molar-refractivity contribution in [2.45, 2.75) is 55.9 Å². The van der Waals surface area contributed by atoms with Crippen molar-refractivity contribution in [1.29, 1.82) is 0 Å². The van der Waals surface area contributed by atoms with Gasteiger partial charge in [-0.1, -0.05) is 32.1 Å². The topological polar surface area (TPSA) is 62.3 Å². The number of nitrogens with one attached hydrogen (secondary N) is 1. The van der Waals surface area contributed by atoms with Crippen molar-refractivity contribution in [1.82, 2.24) is 9.71 Å². The Bertz CT molecular complexity index is 566. The van der Waals surface area contributed by atoms with Gasteiger partial charge >= 0.3 is 0 Å². The zero-order chi connectivity index (χ0) is 14.0.